The third-order valence-corrected chi connectivity index (χ3v) is 4.92. The molecule has 2 fully saturated rings. The Balaban J connectivity index is 1.89. The Morgan fingerprint density at radius 2 is 2.23 bits per heavy atom. The normalized spacial score (nSPS) is 27.5. The number of hydrogen-bond acceptors (Lipinski definition) is 3. The molecule has 22 heavy (non-hydrogen) atoms. The number of halogens is 1. The third-order valence-electron chi connectivity index (χ3n) is 4.92. The molecule has 0 aliphatic carbocycles. The lowest BCUT2D eigenvalue weighted by Gasteiger charge is -2.33. The molecule has 0 bridgehead atoms. The van der Waals surface area contributed by atoms with E-state index in [4.69, 9.17) is 4.74 Å². The molecule has 0 aromatic heterocycles. The number of carbonyl (C=O) groups is 2. The van der Waals surface area contributed by atoms with E-state index in [2.05, 4.69) is 0 Å². The molecule has 2 saturated heterocycles. The molecule has 5 nitrogen and oxygen atoms in total. The second-order valence-corrected chi connectivity index (χ2v) is 6.08. The van der Waals surface area contributed by atoms with E-state index in [-0.39, 0.29) is 18.4 Å². The van der Waals surface area contributed by atoms with Crippen LogP contribution in [-0.4, -0.2) is 48.2 Å². The van der Waals surface area contributed by atoms with Gasteiger partial charge in [-0.15, -0.1) is 0 Å². The summed E-state index contributed by atoms with van der Waals surface area (Å²) in [5, 5.41) is 9.61. The first-order valence-corrected chi connectivity index (χ1v) is 7.31. The number of fused-ring (bicyclic) bond motifs is 1. The quantitative estimate of drug-likeness (QED) is 0.903. The van der Waals surface area contributed by atoms with E-state index >= 15 is 0 Å². The summed E-state index contributed by atoms with van der Waals surface area (Å²) >= 11 is 0. The SMILES string of the molecule is Cc1c(F)cccc1C(=O)N1C[C@H]2COCC[C@@]2(C(=O)O)C1. The van der Waals surface area contributed by atoms with Crippen molar-refractivity contribution in [1.29, 1.82) is 0 Å². The molecule has 1 amide bonds. The summed E-state index contributed by atoms with van der Waals surface area (Å²) in [6, 6.07) is 4.38. The average molecular weight is 307 g/mol. The number of carbonyl (C=O) groups excluding carboxylic acids is 1. The largest absolute Gasteiger partial charge is 0.481 e. The Labute approximate surface area is 127 Å². The molecule has 3 rings (SSSR count). The summed E-state index contributed by atoms with van der Waals surface area (Å²) in [5.41, 5.74) is -0.349. The molecule has 2 aliphatic heterocycles. The van der Waals surface area contributed by atoms with Gasteiger partial charge in [0.15, 0.2) is 0 Å². The summed E-state index contributed by atoms with van der Waals surface area (Å²) < 4.78 is 19.0. The lowest BCUT2D eigenvalue weighted by molar-refractivity contribution is -0.157. The van der Waals surface area contributed by atoms with Gasteiger partial charge in [-0.05, 0) is 31.0 Å². The number of hydrogen-bond donors (Lipinski definition) is 1. The Morgan fingerprint density at radius 1 is 1.45 bits per heavy atom. The first kappa shape index (κ1) is 15.0. The first-order valence-electron chi connectivity index (χ1n) is 7.31. The molecule has 0 spiro atoms. The van der Waals surface area contributed by atoms with Crippen molar-refractivity contribution in [2.75, 3.05) is 26.3 Å². The van der Waals surface area contributed by atoms with Crippen molar-refractivity contribution in [3.63, 3.8) is 0 Å². The van der Waals surface area contributed by atoms with Crippen LogP contribution in [0.15, 0.2) is 18.2 Å². The van der Waals surface area contributed by atoms with E-state index in [1.807, 2.05) is 0 Å². The van der Waals surface area contributed by atoms with Crippen LogP contribution < -0.4 is 0 Å². The number of carboxylic acid groups (broad SMARTS) is 1. The van der Waals surface area contributed by atoms with Crippen LogP contribution in [0.5, 0.6) is 0 Å². The van der Waals surface area contributed by atoms with Crippen LogP contribution in [0.3, 0.4) is 0 Å². The Kier molecular flexibility index (Phi) is 3.64. The molecule has 1 N–H and O–H groups in total. The van der Waals surface area contributed by atoms with Crippen LogP contribution in [0.25, 0.3) is 0 Å². The molecule has 1 aromatic rings. The number of amides is 1. The van der Waals surface area contributed by atoms with E-state index < -0.39 is 17.2 Å². The Morgan fingerprint density at radius 3 is 2.91 bits per heavy atom. The van der Waals surface area contributed by atoms with E-state index in [0.717, 1.165) is 0 Å². The van der Waals surface area contributed by atoms with Gasteiger partial charge < -0.3 is 14.7 Å². The minimum absolute atomic E-state index is 0.158. The highest BCUT2D eigenvalue weighted by Crippen LogP contribution is 2.43. The number of rotatable bonds is 2. The van der Waals surface area contributed by atoms with Crippen molar-refractivity contribution in [2.45, 2.75) is 13.3 Å². The number of nitrogens with zero attached hydrogens (tertiary/aromatic N) is 1. The topological polar surface area (TPSA) is 66.8 Å². The van der Waals surface area contributed by atoms with Crippen LogP contribution in [0, 0.1) is 24.1 Å². The van der Waals surface area contributed by atoms with Gasteiger partial charge in [0.2, 0.25) is 0 Å². The van der Waals surface area contributed by atoms with Crippen molar-refractivity contribution in [1.82, 2.24) is 4.90 Å². The molecule has 0 radical (unpaired) electrons. The molecule has 2 atom stereocenters. The molecular weight excluding hydrogens is 289 g/mol. The second-order valence-electron chi connectivity index (χ2n) is 6.08. The second kappa shape index (κ2) is 5.35. The fraction of sp³-hybridized carbons (Fsp3) is 0.500. The van der Waals surface area contributed by atoms with Gasteiger partial charge in [0.05, 0.1) is 12.0 Å². The minimum Gasteiger partial charge on any atom is -0.481 e. The van der Waals surface area contributed by atoms with Gasteiger partial charge in [0.25, 0.3) is 5.91 Å². The van der Waals surface area contributed by atoms with Gasteiger partial charge in [-0.2, -0.15) is 0 Å². The number of benzene rings is 1. The van der Waals surface area contributed by atoms with Gasteiger partial charge in [0.1, 0.15) is 5.82 Å². The number of likely N-dealkylation sites (tertiary alicyclic amines) is 1. The summed E-state index contributed by atoms with van der Waals surface area (Å²) in [4.78, 5) is 25.9. The number of carboxylic acids is 1. The number of ether oxygens (including phenoxy) is 1. The molecule has 0 unspecified atom stereocenters. The summed E-state index contributed by atoms with van der Waals surface area (Å²) in [7, 11) is 0. The van der Waals surface area contributed by atoms with E-state index in [9.17, 15) is 19.1 Å². The molecule has 2 aliphatic rings. The van der Waals surface area contributed by atoms with Crippen molar-refractivity contribution in [3.05, 3.63) is 35.1 Å². The standard InChI is InChI=1S/C16H18FNO4/c1-10-12(3-2-4-13(10)17)14(19)18-7-11-8-22-6-5-16(11,9-18)15(20)21/h2-4,11H,5-9H2,1H3,(H,20,21)/t11-,16+/m0/s1. The van der Waals surface area contributed by atoms with Gasteiger partial charge in [-0.3, -0.25) is 9.59 Å². The molecular formula is C16H18FNO4. The van der Waals surface area contributed by atoms with Crippen molar-refractivity contribution in [3.8, 4) is 0 Å². The van der Waals surface area contributed by atoms with Crippen molar-refractivity contribution in [2.24, 2.45) is 11.3 Å². The van der Waals surface area contributed by atoms with Crippen LogP contribution >= 0.6 is 0 Å². The summed E-state index contributed by atoms with van der Waals surface area (Å²) in [6.45, 7) is 2.79. The van der Waals surface area contributed by atoms with E-state index in [0.29, 0.717) is 37.3 Å². The highest BCUT2D eigenvalue weighted by atomic mass is 19.1. The predicted octanol–water partition coefficient (Wildman–Crippen LogP) is 1.70. The molecule has 2 heterocycles. The highest BCUT2D eigenvalue weighted by molar-refractivity contribution is 5.96. The van der Waals surface area contributed by atoms with Crippen LogP contribution in [0.1, 0.15) is 22.3 Å². The highest BCUT2D eigenvalue weighted by Gasteiger charge is 2.55. The zero-order valence-corrected chi connectivity index (χ0v) is 12.3. The smallest absolute Gasteiger partial charge is 0.311 e. The molecule has 0 saturated carbocycles. The molecule has 118 valence electrons. The lowest BCUT2D eigenvalue weighted by Crippen LogP contribution is -2.45. The van der Waals surface area contributed by atoms with Crippen LogP contribution in [0.4, 0.5) is 4.39 Å². The van der Waals surface area contributed by atoms with E-state index in [1.54, 1.807) is 13.0 Å². The maximum atomic E-state index is 13.6. The zero-order chi connectivity index (χ0) is 15.9. The van der Waals surface area contributed by atoms with Crippen molar-refractivity contribution < 1.29 is 23.8 Å². The van der Waals surface area contributed by atoms with Gasteiger partial charge in [-0.25, -0.2) is 4.39 Å². The van der Waals surface area contributed by atoms with Gasteiger partial charge >= 0.3 is 5.97 Å². The van der Waals surface area contributed by atoms with Crippen LogP contribution in [0.2, 0.25) is 0 Å². The molecule has 1 aromatic carbocycles. The maximum absolute atomic E-state index is 13.6. The van der Waals surface area contributed by atoms with Gasteiger partial charge in [0, 0.05) is 31.2 Å². The monoisotopic (exact) mass is 307 g/mol. The fourth-order valence-electron chi connectivity index (χ4n) is 3.46. The minimum atomic E-state index is -0.935. The van der Waals surface area contributed by atoms with E-state index in [1.165, 1.54) is 17.0 Å². The van der Waals surface area contributed by atoms with Crippen molar-refractivity contribution >= 4 is 11.9 Å². The first-order chi connectivity index (χ1) is 10.5. The fourth-order valence-corrected chi connectivity index (χ4v) is 3.46. The zero-order valence-electron chi connectivity index (χ0n) is 12.3. The van der Waals surface area contributed by atoms with Crippen LogP contribution in [-0.2, 0) is 9.53 Å². The maximum Gasteiger partial charge on any atom is 0.311 e. The number of aliphatic carboxylic acids is 1. The van der Waals surface area contributed by atoms with Gasteiger partial charge in [-0.1, -0.05) is 6.07 Å². The predicted molar refractivity (Wildman–Crippen MR) is 76.0 cm³/mol. The molecule has 6 heteroatoms. The lowest BCUT2D eigenvalue weighted by atomic mass is 9.74. The Hall–Kier alpha value is -1.95. The third kappa shape index (κ3) is 2.18. The summed E-state index contributed by atoms with van der Waals surface area (Å²) in [5.74, 6) is -1.84. The average Bonchev–Trinajstić information content (AvgIpc) is 2.90. The summed E-state index contributed by atoms with van der Waals surface area (Å²) in [6.07, 6.45) is 0.402. The Bertz CT molecular complexity index is 633.